The first-order valence-electron chi connectivity index (χ1n) is 5.82. The third-order valence-corrected chi connectivity index (χ3v) is 3.17. The Balaban J connectivity index is 2.00. The second-order valence-corrected chi connectivity index (χ2v) is 5.15. The van der Waals surface area contributed by atoms with E-state index in [-0.39, 0.29) is 12.1 Å². The van der Waals surface area contributed by atoms with E-state index in [4.69, 9.17) is 14.9 Å². The Morgan fingerprint density at radius 3 is 2.56 bits per heavy atom. The van der Waals surface area contributed by atoms with Crippen LogP contribution in [0.5, 0.6) is 0 Å². The van der Waals surface area contributed by atoms with Gasteiger partial charge in [-0.1, -0.05) is 28.1 Å². The van der Waals surface area contributed by atoms with Gasteiger partial charge in [0.25, 0.3) is 0 Å². The molecule has 0 radical (unpaired) electrons. The smallest absolute Gasteiger partial charge is 0.134 e. The number of ether oxygens (including phenoxy) is 1. The zero-order chi connectivity index (χ0) is 13.0. The van der Waals surface area contributed by atoms with E-state index < -0.39 is 0 Å². The van der Waals surface area contributed by atoms with Crippen molar-refractivity contribution < 1.29 is 9.15 Å². The summed E-state index contributed by atoms with van der Waals surface area (Å²) in [5.74, 6) is 0.766. The first kappa shape index (κ1) is 13.3. The van der Waals surface area contributed by atoms with Crippen LogP contribution in [0.15, 0.2) is 51.6 Å². The van der Waals surface area contributed by atoms with Crippen LogP contribution >= 0.6 is 15.9 Å². The van der Waals surface area contributed by atoms with Crippen molar-refractivity contribution >= 4 is 15.9 Å². The van der Waals surface area contributed by atoms with Crippen LogP contribution in [-0.2, 0) is 11.3 Å². The average molecular weight is 310 g/mol. The van der Waals surface area contributed by atoms with E-state index in [1.807, 2.05) is 43.3 Å². The lowest BCUT2D eigenvalue weighted by molar-refractivity contribution is 0.0120. The van der Waals surface area contributed by atoms with Crippen molar-refractivity contribution in [3.63, 3.8) is 0 Å². The molecule has 0 saturated heterocycles. The molecule has 4 heteroatoms. The van der Waals surface area contributed by atoms with Gasteiger partial charge < -0.3 is 14.9 Å². The van der Waals surface area contributed by atoms with Crippen molar-refractivity contribution in [2.24, 2.45) is 5.73 Å². The lowest BCUT2D eigenvalue weighted by Crippen LogP contribution is -2.26. The van der Waals surface area contributed by atoms with Crippen LogP contribution in [0.2, 0.25) is 0 Å². The fraction of sp³-hybridized carbons (Fsp3) is 0.286. The summed E-state index contributed by atoms with van der Waals surface area (Å²) in [6.07, 6.45) is 1.41. The highest BCUT2D eigenvalue weighted by Gasteiger charge is 2.19. The van der Waals surface area contributed by atoms with Crippen LogP contribution in [0.4, 0.5) is 0 Å². The average Bonchev–Trinajstić information content (AvgIpc) is 2.85. The van der Waals surface area contributed by atoms with Gasteiger partial charge in [0.05, 0.1) is 12.9 Å². The molecule has 18 heavy (non-hydrogen) atoms. The summed E-state index contributed by atoms with van der Waals surface area (Å²) in [5, 5.41) is 0. The molecule has 0 spiro atoms. The summed E-state index contributed by atoms with van der Waals surface area (Å²) in [4.78, 5) is 0. The summed E-state index contributed by atoms with van der Waals surface area (Å²) < 4.78 is 12.2. The lowest BCUT2D eigenvalue weighted by atomic mass is 10.1. The molecule has 0 bridgehead atoms. The Morgan fingerprint density at radius 2 is 2.00 bits per heavy atom. The maximum atomic E-state index is 5.92. The molecular weight excluding hydrogens is 294 g/mol. The van der Waals surface area contributed by atoms with Crippen molar-refractivity contribution in [3.05, 3.63) is 58.5 Å². The predicted octanol–water partition coefficient (Wildman–Crippen LogP) is 3.65. The molecule has 0 aliphatic heterocycles. The van der Waals surface area contributed by atoms with Crippen LogP contribution in [-0.4, -0.2) is 6.04 Å². The van der Waals surface area contributed by atoms with E-state index in [9.17, 15) is 0 Å². The Labute approximate surface area is 115 Å². The normalized spacial score (nSPS) is 14.4. The highest BCUT2D eigenvalue weighted by atomic mass is 79.9. The standard InChI is InChI=1S/C14H16BrNO2/c1-10(16)14(13-3-2-8-17-13)18-9-11-4-6-12(15)7-5-11/h2-8,10,14H,9,16H2,1H3. The Kier molecular flexibility index (Phi) is 4.58. The van der Waals surface area contributed by atoms with Crippen molar-refractivity contribution in [1.29, 1.82) is 0 Å². The molecule has 1 aromatic carbocycles. The largest absolute Gasteiger partial charge is 0.467 e. The van der Waals surface area contributed by atoms with E-state index in [1.165, 1.54) is 0 Å². The molecule has 1 heterocycles. The minimum absolute atomic E-state index is 0.119. The van der Waals surface area contributed by atoms with Crippen molar-refractivity contribution in [3.8, 4) is 0 Å². The minimum Gasteiger partial charge on any atom is -0.467 e. The number of furan rings is 1. The van der Waals surface area contributed by atoms with Gasteiger partial charge in [-0.05, 0) is 36.8 Å². The molecular formula is C14H16BrNO2. The van der Waals surface area contributed by atoms with Crippen LogP contribution in [0.1, 0.15) is 24.4 Å². The molecule has 0 saturated carbocycles. The van der Waals surface area contributed by atoms with Gasteiger partial charge in [0.15, 0.2) is 0 Å². The molecule has 0 fully saturated rings. The van der Waals surface area contributed by atoms with Crippen molar-refractivity contribution in [2.45, 2.75) is 25.7 Å². The third-order valence-electron chi connectivity index (χ3n) is 2.64. The lowest BCUT2D eigenvalue weighted by Gasteiger charge is -2.19. The van der Waals surface area contributed by atoms with E-state index in [0.717, 1.165) is 15.8 Å². The summed E-state index contributed by atoms with van der Waals surface area (Å²) in [5.41, 5.74) is 7.03. The minimum atomic E-state index is -0.219. The number of nitrogens with two attached hydrogens (primary N) is 1. The Bertz CT molecular complexity index is 465. The maximum Gasteiger partial charge on any atom is 0.134 e. The first-order valence-corrected chi connectivity index (χ1v) is 6.61. The van der Waals surface area contributed by atoms with Crippen molar-refractivity contribution in [2.75, 3.05) is 0 Å². The molecule has 2 N–H and O–H groups in total. The second kappa shape index (κ2) is 6.18. The number of halogens is 1. The second-order valence-electron chi connectivity index (χ2n) is 4.23. The van der Waals surface area contributed by atoms with Crippen LogP contribution in [0.25, 0.3) is 0 Å². The molecule has 2 atom stereocenters. The van der Waals surface area contributed by atoms with Gasteiger partial charge in [-0.2, -0.15) is 0 Å². The Morgan fingerprint density at radius 1 is 1.28 bits per heavy atom. The van der Waals surface area contributed by atoms with Gasteiger partial charge in [-0.25, -0.2) is 0 Å². The topological polar surface area (TPSA) is 48.4 Å². The fourth-order valence-electron chi connectivity index (χ4n) is 1.71. The first-order chi connectivity index (χ1) is 8.66. The summed E-state index contributed by atoms with van der Waals surface area (Å²) in [7, 11) is 0. The zero-order valence-corrected chi connectivity index (χ0v) is 11.8. The molecule has 3 nitrogen and oxygen atoms in total. The monoisotopic (exact) mass is 309 g/mol. The molecule has 0 aliphatic rings. The molecule has 0 amide bonds. The van der Waals surface area contributed by atoms with E-state index in [2.05, 4.69) is 15.9 Å². The molecule has 2 aromatic rings. The number of hydrogen-bond acceptors (Lipinski definition) is 3. The van der Waals surface area contributed by atoms with Crippen molar-refractivity contribution in [1.82, 2.24) is 0 Å². The molecule has 2 unspecified atom stereocenters. The van der Waals surface area contributed by atoms with Gasteiger partial charge >= 0.3 is 0 Å². The highest BCUT2D eigenvalue weighted by molar-refractivity contribution is 9.10. The number of rotatable bonds is 5. The van der Waals surface area contributed by atoms with Gasteiger partial charge in [0.2, 0.25) is 0 Å². The third kappa shape index (κ3) is 3.45. The van der Waals surface area contributed by atoms with E-state index >= 15 is 0 Å². The molecule has 96 valence electrons. The summed E-state index contributed by atoms with van der Waals surface area (Å²) >= 11 is 3.40. The van der Waals surface area contributed by atoms with E-state index in [0.29, 0.717) is 6.61 Å². The van der Waals surface area contributed by atoms with Gasteiger partial charge in [-0.15, -0.1) is 0 Å². The summed E-state index contributed by atoms with van der Waals surface area (Å²) in [6, 6.07) is 11.6. The van der Waals surface area contributed by atoms with Gasteiger partial charge in [0.1, 0.15) is 11.9 Å². The fourth-order valence-corrected chi connectivity index (χ4v) is 1.98. The highest BCUT2D eigenvalue weighted by Crippen LogP contribution is 2.22. The maximum absolute atomic E-state index is 5.92. The zero-order valence-electron chi connectivity index (χ0n) is 10.2. The molecule has 2 rings (SSSR count). The van der Waals surface area contributed by atoms with E-state index in [1.54, 1.807) is 6.26 Å². The van der Waals surface area contributed by atoms with Gasteiger partial charge in [-0.3, -0.25) is 0 Å². The Hall–Kier alpha value is -1.10. The quantitative estimate of drug-likeness (QED) is 0.917. The van der Waals surface area contributed by atoms with Crippen LogP contribution < -0.4 is 5.73 Å². The van der Waals surface area contributed by atoms with Crippen LogP contribution in [0.3, 0.4) is 0 Å². The molecule has 1 aromatic heterocycles. The number of benzene rings is 1. The van der Waals surface area contributed by atoms with Crippen LogP contribution in [0, 0.1) is 0 Å². The summed E-state index contributed by atoms with van der Waals surface area (Å²) in [6.45, 7) is 2.43. The number of hydrogen-bond donors (Lipinski definition) is 1. The van der Waals surface area contributed by atoms with Gasteiger partial charge in [0, 0.05) is 10.5 Å². The predicted molar refractivity (Wildman–Crippen MR) is 74.0 cm³/mol. The molecule has 0 aliphatic carbocycles. The SMILES string of the molecule is CC(N)C(OCc1ccc(Br)cc1)c1ccco1.